The van der Waals surface area contributed by atoms with Crippen LogP contribution in [0.4, 0.5) is 0 Å². The molecule has 0 bridgehead atoms. The number of amides is 1. The van der Waals surface area contributed by atoms with E-state index in [1.807, 2.05) is 23.7 Å². The Morgan fingerprint density at radius 2 is 2.13 bits per heavy atom. The number of carbonyl (C=O) groups excluding carboxylic acids is 1. The van der Waals surface area contributed by atoms with Crippen molar-refractivity contribution < 1.29 is 14.6 Å². The number of fused-ring (bicyclic) bond motifs is 1. The number of aryl methyl sites for hydroxylation is 1. The summed E-state index contributed by atoms with van der Waals surface area (Å²) < 4.78 is 8.18. The monoisotopic (exact) mass is 430 g/mol. The maximum absolute atomic E-state index is 12.9. The fourth-order valence-corrected chi connectivity index (χ4v) is 3.92. The molecule has 0 fully saturated rings. The van der Waals surface area contributed by atoms with Crippen LogP contribution in [0.25, 0.3) is 0 Å². The number of carbonyl (C=O) groups is 1. The van der Waals surface area contributed by atoms with E-state index >= 15 is 0 Å². The van der Waals surface area contributed by atoms with E-state index in [0.717, 1.165) is 12.2 Å². The lowest BCUT2D eigenvalue weighted by molar-refractivity contribution is -0.136. The number of ether oxygens (including phenoxy) is 1. The molecule has 0 unspecified atom stereocenters. The molecule has 1 aliphatic heterocycles. The van der Waals surface area contributed by atoms with Crippen LogP contribution < -0.4 is 0 Å². The molecule has 0 radical (unpaired) electrons. The summed E-state index contributed by atoms with van der Waals surface area (Å²) in [6.07, 6.45) is 6.32. The number of aromatic nitrogens is 4. The predicted octanol–water partition coefficient (Wildman–Crippen LogP) is 1.33. The van der Waals surface area contributed by atoms with Crippen molar-refractivity contribution in [2.24, 2.45) is 5.92 Å². The molecule has 0 aromatic carbocycles. The third kappa shape index (κ3) is 6.56. The second-order valence-corrected chi connectivity index (χ2v) is 8.51. The highest BCUT2D eigenvalue weighted by atomic mass is 16.5. The van der Waals surface area contributed by atoms with Crippen LogP contribution >= 0.6 is 0 Å². The van der Waals surface area contributed by atoms with Gasteiger partial charge in [0.25, 0.3) is 0 Å². The van der Waals surface area contributed by atoms with Crippen LogP contribution in [0.1, 0.15) is 37.9 Å². The Bertz CT molecular complexity index is 815. The first-order valence-corrected chi connectivity index (χ1v) is 10.9. The maximum Gasteiger partial charge on any atom is 0.222 e. The summed E-state index contributed by atoms with van der Waals surface area (Å²) in [7, 11) is 2.07. The molecule has 0 aliphatic carbocycles. The molecule has 0 saturated carbocycles. The largest absolute Gasteiger partial charge is 0.394 e. The van der Waals surface area contributed by atoms with Crippen molar-refractivity contribution >= 4 is 5.91 Å². The van der Waals surface area contributed by atoms with E-state index in [4.69, 9.17) is 4.74 Å². The van der Waals surface area contributed by atoms with Gasteiger partial charge in [-0.05, 0) is 38.1 Å². The lowest BCUT2D eigenvalue weighted by Gasteiger charge is -2.35. The van der Waals surface area contributed by atoms with Gasteiger partial charge < -0.3 is 14.7 Å². The number of hydrogen-bond acceptors (Lipinski definition) is 7. The number of pyridine rings is 1. The van der Waals surface area contributed by atoms with Gasteiger partial charge in [0.05, 0.1) is 37.3 Å². The SMILES string of the molecule is C[C@H]1CN([C@@H](C)CO)C(=O)CCCn2nncc2CO[C@@H]1CN(C)Cc1ccncc1. The van der Waals surface area contributed by atoms with Gasteiger partial charge in [0.2, 0.25) is 5.91 Å². The molecule has 0 saturated heterocycles. The molecule has 9 nitrogen and oxygen atoms in total. The lowest BCUT2D eigenvalue weighted by Crippen LogP contribution is -2.47. The molecule has 1 N–H and O–H groups in total. The average molecular weight is 431 g/mol. The second-order valence-electron chi connectivity index (χ2n) is 8.51. The van der Waals surface area contributed by atoms with Crippen molar-refractivity contribution in [2.75, 3.05) is 26.7 Å². The van der Waals surface area contributed by atoms with Crippen LogP contribution in [-0.2, 0) is 29.2 Å². The standard InChI is InChI=1S/C22H34N6O3/c1-17-12-27(18(2)15-29)22(30)5-4-10-28-20(11-24-25-28)16-31-21(17)14-26(3)13-19-6-8-23-9-7-19/h6-9,11,17-18,21,29H,4-5,10,12-16H2,1-3H3/t17-,18-,21+/m0/s1. The molecular formula is C22H34N6O3. The van der Waals surface area contributed by atoms with Gasteiger partial charge in [0.1, 0.15) is 0 Å². The Morgan fingerprint density at radius 1 is 1.35 bits per heavy atom. The van der Waals surface area contributed by atoms with E-state index in [1.165, 1.54) is 5.56 Å². The Hall–Kier alpha value is -2.36. The van der Waals surface area contributed by atoms with Gasteiger partial charge in [-0.2, -0.15) is 0 Å². The number of rotatable bonds is 6. The average Bonchev–Trinajstić information content (AvgIpc) is 3.21. The topological polar surface area (TPSA) is 96.6 Å². The number of aliphatic hydroxyl groups excluding tert-OH is 1. The highest BCUT2D eigenvalue weighted by Gasteiger charge is 2.28. The Labute approximate surface area is 184 Å². The van der Waals surface area contributed by atoms with Crippen molar-refractivity contribution in [1.29, 1.82) is 0 Å². The fraction of sp³-hybridized carbons (Fsp3) is 0.636. The summed E-state index contributed by atoms with van der Waals surface area (Å²) >= 11 is 0. The zero-order valence-corrected chi connectivity index (χ0v) is 18.7. The highest BCUT2D eigenvalue weighted by Crippen LogP contribution is 2.18. The van der Waals surface area contributed by atoms with E-state index in [1.54, 1.807) is 23.5 Å². The van der Waals surface area contributed by atoms with Crippen LogP contribution in [-0.4, -0.2) is 79.7 Å². The molecule has 3 heterocycles. The zero-order valence-electron chi connectivity index (χ0n) is 18.7. The number of aliphatic hydroxyl groups is 1. The van der Waals surface area contributed by atoms with Crippen molar-refractivity contribution in [3.63, 3.8) is 0 Å². The highest BCUT2D eigenvalue weighted by molar-refractivity contribution is 5.76. The first kappa shape index (κ1) is 23.3. The summed E-state index contributed by atoms with van der Waals surface area (Å²) in [6.45, 7) is 7.02. The molecule has 9 heteroatoms. The molecule has 3 atom stereocenters. The molecule has 1 aliphatic rings. The quantitative estimate of drug-likeness (QED) is 0.738. The summed E-state index contributed by atoms with van der Waals surface area (Å²) in [5, 5.41) is 17.9. The summed E-state index contributed by atoms with van der Waals surface area (Å²) in [5.41, 5.74) is 2.11. The van der Waals surface area contributed by atoms with Crippen LogP contribution in [0.2, 0.25) is 0 Å². The molecule has 170 valence electrons. The number of nitrogens with zero attached hydrogens (tertiary/aromatic N) is 6. The zero-order chi connectivity index (χ0) is 22.2. The van der Waals surface area contributed by atoms with Gasteiger partial charge in [-0.15, -0.1) is 5.10 Å². The smallest absolute Gasteiger partial charge is 0.222 e. The van der Waals surface area contributed by atoms with E-state index < -0.39 is 0 Å². The molecule has 1 amide bonds. The minimum Gasteiger partial charge on any atom is -0.394 e. The van der Waals surface area contributed by atoms with Crippen LogP contribution in [0, 0.1) is 5.92 Å². The van der Waals surface area contributed by atoms with Crippen molar-refractivity contribution in [3.05, 3.63) is 42.0 Å². The van der Waals surface area contributed by atoms with Gasteiger partial charge in [-0.3, -0.25) is 14.7 Å². The summed E-state index contributed by atoms with van der Waals surface area (Å²) in [4.78, 5) is 21.0. The molecule has 0 spiro atoms. The maximum atomic E-state index is 12.9. The lowest BCUT2D eigenvalue weighted by atomic mass is 10.0. The second kappa shape index (κ2) is 11.3. The normalized spacial score (nSPS) is 22.0. The van der Waals surface area contributed by atoms with Crippen molar-refractivity contribution in [1.82, 2.24) is 29.8 Å². The van der Waals surface area contributed by atoms with E-state index in [9.17, 15) is 9.90 Å². The first-order valence-electron chi connectivity index (χ1n) is 10.9. The van der Waals surface area contributed by atoms with Crippen LogP contribution in [0.15, 0.2) is 30.7 Å². The third-order valence-corrected chi connectivity index (χ3v) is 5.83. The van der Waals surface area contributed by atoms with Gasteiger partial charge in [-0.25, -0.2) is 4.68 Å². The van der Waals surface area contributed by atoms with Crippen molar-refractivity contribution in [2.45, 2.75) is 58.5 Å². The van der Waals surface area contributed by atoms with Gasteiger partial charge in [0.15, 0.2) is 0 Å². The van der Waals surface area contributed by atoms with Crippen molar-refractivity contribution in [3.8, 4) is 0 Å². The van der Waals surface area contributed by atoms with Crippen LogP contribution in [0.5, 0.6) is 0 Å². The fourth-order valence-electron chi connectivity index (χ4n) is 3.92. The Kier molecular flexibility index (Phi) is 8.51. The van der Waals surface area contributed by atoms with E-state index in [0.29, 0.717) is 39.1 Å². The van der Waals surface area contributed by atoms with Gasteiger partial charge in [0, 0.05) is 50.9 Å². The third-order valence-electron chi connectivity index (χ3n) is 5.83. The molecule has 2 aromatic heterocycles. The minimum absolute atomic E-state index is 0.0551. The predicted molar refractivity (Wildman–Crippen MR) is 116 cm³/mol. The van der Waals surface area contributed by atoms with Gasteiger partial charge in [-0.1, -0.05) is 12.1 Å². The Balaban J connectivity index is 1.77. The van der Waals surface area contributed by atoms with E-state index in [2.05, 4.69) is 34.2 Å². The summed E-state index contributed by atoms with van der Waals surface area (Å²) in [5.74, 6) is 0.140. The molecule has 31 heavy (non-hydrogen) atoms. The van der Waals surface area contributed by atoms with Gasteiger partial charge >= 0.3 is 0 Å². The number of hydrogen-bond donors (Lipinski definition) is 1. The Morgan fingerprint density at radius 3 is 2.87 bits per heavy atom. The minimum atomic E-state index is -0.227. The molecular weight excluding hydrogens is 396 g/mol. The summed E-state index contributed by atoms with van der Waals surface area (Å²) in [6, 6.07) is 3.79. The van der Waals surface area contributed by atoms with E-state index in [-0.39, 0.29) is 30.6 Å². The number of likely N-dealkylation sites (N-methyl/N-ethyl adjacent to an activating group) is 1. The molecule has 3 rings (SSSR count). The first-order chi connectivity index (χ1) is 15.0. The molecule has 2 aromatic rings. The van der Waals surface area contributed by atoms with Crippen LogP contribution in [0.3, 0.4) is 0 Å².